The Morgan fingerprint density at radius 2 is 1.95 bits per heavy atom. The van der Waals surface area contributed by atoms with E-state index in [4.69, 9.17) is 38.0 Å². The first-order valence-electron chi connectivity index (χ1n) is 6.64. The van der Waals surface area contributed by atoms with Gasteiger partial charge in [0.15, 0.2) is 5.05 Å². The number of methoxy groups -OCH3 is 1. The third-order valence-electron chi connectivity index (χ3n) is 2.65. The van der Waals surface area contributed by atoms with Gasteiger partial charge in [-0.3, -0.25) is 0 Å². The zero-order valence-corrected chi connectivity index (χ0v) is 13.5. The molecule has 1 atom stereocenters. The maximum absolute atomic E-state index is 6.23. The van der Waals surface area contributed by atoms with Gasteiger partial charge >= 0.3 is 0 Å². The van der Waals surface area contributed by atoms with Gasteiger partial charge in [-0.25, -0.2) is 0 Å². The van der Waals surface area contributed by atoms with E-state index in [-0.39, 0.29) is 5.38 Å². The van der Waals surface area contributed by atoms with Crippen LogP contribution in [0.5, 0.6) is 0 Å². The van der Waals surface area contributed by atoms with Crippen LogP contribution in [-0.4, -0.2) is 44.0 Å². The van der Waals surface area contributed by atoms with Crippen LogP contribution in [0, 0.1) is 0 Å². The quantitative estimate of drug-likeness (QED) is 0.397. The largest absolute Gasteiger partial charge is 0.483 e. The van der Waals surface area contributed by atoms with Gasteiger partial charge < -0.3 is 14.2 Å². The van der Waals surface area contributed by atoms with E-state index in [1.807, 2.05) is 31.2 Å². The highest BCUT2D eigenvalue weighted by atomic mass is 35.5. The number of ether oxygens (including phenoxy) is 3. The van der Waals surface area contributed by atoms with E-state index >= 15 is 0 Å². The van der Waals surface area contributed by atoms with Crippen molar-refractivity contribution in [3.05, 3.63) is 35.4 Å². The Hall–Kier alpha value is -0.680. The van der Waals surface area contributed by atoms with Crippen LogP contribution in [0.1, 0.15) is 18.1 Å². The number of hydrogen-bond acceptors (Lipinski definition) is 4. The molecule has 0 aliphatic carbocycles. The predicted octanol–water partition coefficient (Wildman–Crippen LogP) is 3.21. The van der Waals surface area contributed by atoms with Crippen LogP contribution in [0.2, 0.25) is 0 Å². The summed E-state index contributed by atoms with van der Waals surface area (Å²) < 4.78 is 15.6. The molecule has 1 rings (SSSR count). The van der Waals surface area contributed by atoms with Crippen molar-refractivity contribution in [1.82, 2.24) is 0 Å². The molecule has 20 heavy (non-hydrogen) atoms. The molecule has 0 saturated heterocycles. The molecule has 0 heterocycles. The number of benzene rings is 1. The van der Waals surface area contributed by atoms with Gasteiger partial charge in [0.2, 0.25) is 0 Å². The zero-order valence-electron chi connectivity index (χ0n) is 11.9. The SMILES string of the molecule is CCOC(=S)c1ccc(CC(Cl)COCCOC)cc1. The minimum Gasteiger partial charge on any atom is -0.483 e. The molecule has 0 saturated carbocycles. The third kappa shape index (κ3) is 6.66. The van der Waals surface area contributed by atoms with E-state index < -0.39 is 0 Å². The fourth-order valence-electron chi connectivity index (χ4n) is 1.66. The molecule has 1 unspecified atom stereocenters. The average molecular weight is 317 g/mol. The Morgan fingerprint density at radius 3 is 2.55 bits per heavy atom. The molecule has 5 heteroatoms. The van der Waals surface area contributed by atoms with Gasteiger partial charge in [0, 0.05) is 12.7 Å². The first-order valence-corrected chi connectivity index (χ1v) is 7.48. The fourth-order valence-corrected chi connectivity index (χ4v) is 2.18. The summed E-state index contributed by atoms with van der Waals surface area (Å²) in [6.45, 7) is 4.18. The van der Waals surface area contributed by atoms with Crippen molar-refractivity contribution < 1.29 is 14.2 Å². The second-order valence-electron chi connectivity index (χ2n) is 4.29. The van der Waals surface area contributed by atoms with Crippen molar-refractivity contribution in [2.45, 2.75) is 18.7 Å². The number of thiocarbonyl (C=S) groups is 1. The summed E-state index contributed by atoms with van der Waals surface area (Å²) in [5.41, 5.74) is 2.08. The number of hydrogen-bond donors (Lipinski definition) is 0. The molecule has 0 radical (unpaired) electrons. The Labute approximate surface area is 131 Å². The summed E-state index contributed by atoms with van der Waals surface area (Å²) in [5.74, 6) is 0. The maximum atomic E-state index is 6.23. The van der Waals surface area contributed by atoms with Crippen LogP contribution in [-0.2, 0) is 20.6 Å². The zero-order chi connectivity index (χ0) is 14.8. The van der Waals surface area contributed by atoms with Crippen LogP contribution < -0.4 is 0 Å². The third-order valence-corrected chi connectivity index (χ3v) is 3.29. The molecule has 3 nitrogen and oxygen atoms in total. The number of alkyl halides is 1. The lowest BCUT2D eigenvalue weighted by molar-refractivity contribution is 0.0707. The highest BCUT2D eigenvalue weighted by molar-refractivity contribution is 7.80. The van der Waals surface area contributed by atoms with Crippen molar-refractivity contribution in [1.29, 1.82) is 0 Å². The molecule has 0 aromatic heterocycles. The van der Waals surface area contributed by atoms with Crippen molar-refractivity contribution in [2.24, 2.45) is 0 Å². The van der Waals surface area contributed by atoms with E-state index in [0.717, 1.165) is 17.5 Å². The standard InChI is InChI=1S/C15H21ClO3S/c1-3-19-15(20)13-6-4-12(5-7-13)10-14(16)11-18-9-8-17-2/h4-7,14H,3,8-11H2,1-2H3. The van der Waals surface area contributed by atoms with Gasteiger partial charge in [0.1, 0.15) is 0 Å². The Balaban J connectivity index is 2.38. The molecule has 0 amide bonds. The molecule has 0 aliphatic rings. The second-order valence-corrected chi connectivity index (χ2v) is 5.27. The Kier molecular flexibility index (Phi) is 8.78. The minimum atomic E-state index is -0.0449. The lowest BCUT2D eigenvalue weighted by Gasteiger charge is -2.11. The average Bonchev–Trinajstić information content (AvgIpc) is 2.45. The summed E-state index contributed by atoms with van der Waals surface area (Å²) in [6, 6.07) is 7.96. The van der Waals surface area contributed by atoms with E-state index in [1.54, 1.807) is 7.11 Å². The van der Waals surface area contributed by atoms with Crippen LogP contribution >= 0.6 is 23.8 Å². The monoisotopic (exact) mass is 316 g/mol. The maximum Gasteiger partial charge on any atom is 0.191 e. The lowest BCUT2D eigenvalue weighted by atomic mass is 10.1. The van der Waals surface area contributed by atoms with Gasteiger partial charge in [0.05, 0.1) is 31.8 Å². The molecule has 1 aromatic carbocycles. The van der Waals surface area contributed by atoms with Crippen molar-refractivity contribution >= 4 is 28.9 Å². The smallest absolute Gasteiger partial charge is 0.191 e. The van der Waals surface area contributed by atoms with Crippen molar-refractivity contribution in [2.75, 3.05) is 33.5 Å². The molecule has 0 fully saturated rings. The summed E-state index contributed by atoms with van der Waals surface area (Å²) in [7, 11) is 1.65. The van der Waals surface area contributed by atoms with Gasteiger partial charge in [-0.05, 0) is 31.1 Å². The van der Waals surface area contributed by atoms with Gasteiger partial charge in [-0.2, -0.15) is 0 Å². The van der Waals surface area contributed by atoms with Crippen molar-refractivity contribution in [3.8, 4) is 0 Å². The summed E-state index contributed by atoms with van der Waals surface area (Å²) in [5, 5.41) is 0.487. The van der Waals surface area contributed by atoms with Crippen LogP contribution in [0.25, 0.3) is 0 Å². The van der Waals surface area contributed by atoms with E-state index in [1.165, 1.54) is 0 Å². The van der Waals surface area contributed by atoms with Gasteiger partial charge in [-0.15, -0.1) is 11.6 Å². The van der Waals surface area contributed by atoms with Gasteiger partial charge in [-0.1, -0.05) is 24.3 Å². The molecule has 0 aliphatic heterocycles. The predicted molar refractivity (Wildman–Crippen MR) is 85.8 cm³/mol. The van der Waals surface area contributed by atoms with Crippen LogP contribution in [0.3, 0.4) is 0 Å². The molecule has 0 spiro atoms. The van der Waals surface area contributed by atoms with E-state index in [9.17, 15) is 0 Å². The molecule has 112 valence electrons. The Bertz CT molecular complexity index is 395. The first-order chi connectivity index (χ1) is 9.67. The number of rotatable bonds is 9. The molecule has 0 bridgehead atoms. The Morgan fingerprint density at radius 1 is 1.25 bits per heavy atom. The lowest BCUT2D eigenvalue weighted by Crippen LogP contribution is -2.14. The summed E-state index contributed by atoms with van der Waals surface area (Å²) in [4.78, 5) is 0. The first kappa shape index (κ1) is 17.4. The van der Waals surface area contributed by atoms with Crippen molar-refractivity contribution in [3.63, 3.8) is 0 Å². The molecule has 1 aromatic rings. The van der Waals surface area contributed by atoms with Crippen LogP contribution in [0.4, 0.5) is 0 Å². The highest BCUT2D eigenvalue weighted by Crippen LogP contribution is 2.12. The second kappa shape index (κ2) is 10.1. The topological polar surface area (TPSA) is 27.7 Å². The molecular formula is C15H21ClO3S. The van der Waals surface area contributed by atoms with E-state index in [0.29, 0.717) is 31.5 Å². The summed E-state index contributed by atoms with van der Waals surface area (Å²) >= 11 is 11.4. The summed E-state index contributed by atoms with van der Waals surface area (Å²) in [6.07, 6.45) is 0.760. The fraction of sp³-hybridized carbons (Fsp3) is 0.533. The minimum absolute atomic E-state index is 0.0449. The molecular weight excluding hydrogens is 296 g/mol. The highest BCUT2D eigenvalue weighted by Gasteiger charge is 2.07. The van der Waals surface area contributed by atoms with Crippen LogP contribution in [0.15, 0.2) is 24.3 Å². The number of halogens is 1. The van der Waals surface area contributed by atoms with E-state index in [2.05, 4.69) is 0 Å². The molecule has 0 N–H and O–H groups in total. The van der Waals surface area contributed by atoms with Gasteiger partial charge in [0.25, 0.3) is 0 Å². The normalized spacial score (nSPS) is 12.2.